The number of fused-ring (bicyclic) bond motifs is 9. The molecule has 0 unspecified atom stereocenters. The normalized spacial score (nSPS) is 13.6. The third kappa shape index (κ3) is 6.97. The molecule has 0 N–H and O–H groups in total. The van der Waals surface area contributed by atoms with E-state index >= 15 is 8.78 Å². The summed E-state index contributed by atoms with van der Waals surface area (Å²) >= 11 is 0. The summed E-state index contributed by atoms with van der Waals surface area (Å²) in [7, 11) is 0. The zero-order chi connectivity index (χ0) is 51.5. The molecule has 2 aliphatic rings. The van der Waals surface area contributed by atoms with Gasteiger partial charge in [-0.1, -0.05) is 173 Å². The van der Waals surface area contributed by atoms with Crippen LogP contribution in [0, 0.1) is 11.6 Å². The molecule has 0 saturated carbocycles. The van der Waals surface area contributed by atoms with E-state index in [0.29, 0.717) is 0 Å². The summed E-state index contributed by atoms with van der Waals surface area (Å²) in [4.78, 5) is 4.75. The highest BCUT2D eigenvalue weighted by molar-refractivity contribution is 6.17. The Morgan fingerprint density at radius 1 is 0.289 bits per heavy atom. The number of hydrogen-bond acceptors (Lipinski definition) is 2. The molecule has 0 aliphatic heterocycles. The summed E-state index contributed by atoms with van der Waals surface area (Å²) in [6.07, 6.45) is 0. The van der Waals surface area contributed by atoms with Crippen LogP contribution in [0.1, 0.15) is 49.9 Å². The Hall–Kier alpha value is -9.12. The van der Waals surface area contributed by atoms with Gasteiger partial charge >= 0.3 is 0 Å². The first-order valence-corrected chi connectivity index (χ1v) is 26.2. The van der Waals surface area contributed by atoms with E-state index in [2.05, 4.69) is 232 Å². The average Bonchev–Trinajstić information content (AvgIpc) is 3.97. The highest BCUT2D eigenvalue weighted by Crippen LogP contribution is 2.61. The summed E-state index contributed by atoms with van der Waals surface area (Å²) in [5.74, 6) is -0.567. The lowest BCUT2D eigenvalue weighted by Crippen LogP contribution is -2.17. The van der Waals surface area contributed by atoms with Crippen molar-refractivity contribution in [1.82, 2.24) is 0 Å². The fourth-order valence-corrected chi connectivity index (χ4v) is 12.8. The minimum atomic E-state index is -0.474. The lowest BCUT2D eigenvalue weighted by molar-refractivity contribution is 0.627. The van der Waals surface area contributed by atoms with Gasteiger partial charge in [0.15, 0.2) is 0 Å². The molecule has 14 rings (SSSR count). The molecule has 2 aliphatic carbocycles. The van der Waals surface area contributed by atoms with Gasteiger partial charge in [0.1, 0.15) is 11.6 Å². The van der Waals surface area contributed by atoms with Crippen LogP contribution in [0.15, 0.2) is 243 Å². The van der Waals surface area contributed by atoms with E-state index in [-0.39, 0.29) is 11.6 Å². The number of halogens is 2. The highest BCUT2D eigenvalue weighted by Gasteiger charge is 2.43. The van der Waals surface area contributed by atoms with Crippen LogP contribution in [0.4, 0.5) is 42.9 Å². The van der Waals surface area contributed by atoms with Crippen molar-refractivity contribution in [1.29, 1.82) is 0 Å². The maximum Gasteiger partial charge on any atom is 0.123 e. The maximum absolute atomic E-state index is 15.1. The second-order valence-electron chi connectivity index (χ2n) is 21.5. The van der Waals surface area contributed by atoms with Crippen LogP contribution in [-0.4, -0.2) is 0 Å². The largest absolute Gasteiger partial charge is 0.310 e. The minimum absolute atomic E-state index is 0.284. The van der Waals surface area contributed by atoms with E-state index in [9.17, 15) is 0 Å². The number of rotatable bonds is 8. The SMILES string of the molecule is CC1(C)c2cc(N(c3ccccc3)c3cccc4ccccc34)ccc2-c2c1cc1c(-c3ccc(F)cc3)c3c(cc1c2-c1ccc(F)cc1)C(C)(C)c1cc(N(c2ccccc2)c2cccc4ccccc24)ccc1-3. The molecule has 0 saturated heterocycles. The predicted molar refractivity (Wildman–Crippen MR) is 314 cm³/mol. The first kappa shape index (κ1) is 45.5. The molecule has 12 aromatic carbocycles. The molecule has 0 aromatic heterocycles. The third-order valence-corrected chi connectivity index (χ3v) is 16.5. The molecular formula is C72H52F2N2. The number of para-hydroxylation sites is 2. The molecule has 0 heterocycles. The second kappa shape index (κ2) is 17.2. The average molecular weight is 983 g/mol. The minimum Gasteiger partial charge on any atom is -0.310 e. The molecule has 364 valence electrons. The summed E-state index contributed by atoms with van der Waals surface area (Å²) in [5, 5.41) is 6.83. The van der Waals surface area contributed by atoms with Gasteiger partial charge < -0.3 is 9.80 Å². The van der Waals surface area contributed by atoms with Gasteiger partial charge in [0.05, 0.1) is 11.4 Å². The van der Waals surface area contributed by atoms with Crippen molar-refractivity contribution in [2.24, 2.45) is 0 Å². The number of benzene rings is 12. The van der Waals surface area contributed by atoms with E-state index in [1.54, 1.807) is 24.3 Å². The molecule has 4 heteroatoms. The smallest absolute Gasteiger partial charge is 0.123 e. The summed E-state index contributed by atoms with van der Waals surface area (Å²) in [6, 6.07) is 84.3. The molecule has 0 amide bonds. The Kier molecular flexibility index (Phi) is 10.3. The molecule has 0 bridgehead atoms. The molecule has 2 nitrogen and oxygen atoms in total. The molecular weight excluding hydrogens is 931 g/mol. The number of hydrogen-bond donors (Lipinski definition) is 0. The first-order valence-electron chi connectivity index (χ1n) is 26.2. The van der Waals surface area contributed by atoms with Gasteiger partial charge in [0, 0.05) is 44.4 Å². The fourth-order valence-electron chi connectivity index (χ4n) is 12.8. The fraction of sp³-hybridized carbons (Fsp3) is 0.0833. The maximum atomic E-state index is 15.1. The topological polar surface area (TPSA) is 6.48 Å². The zero-order valence-corrected chi connectivity index (χ0v) is 42.7. The van der Waals surface area contributed by atoms with Crippen molar-refractivity contribution in [3.05, 3.63) is 277 Å². The Bertz CT molecular complexity index is 4000. The van der Waals surface area contributed by atoms with E-state index in [1.807, 2.05) is 24.3 Å². The number of nitrogens with zero attached hydrogens (tertiary/aromatic N) is 2. The molecule has 76 heavy (non-hydrogen) atoms. The Labute approximate surface area is 442 Å². The van der Waals surface area contributed by atoms with Gasteiger partial charge in [0.25, 0.3) is 0 Å². The Morgan fingerprint density at radius 3 is 1.07 bits per heavy atom. The Balaban J connectivity index is 1.02. The van der Waals surface area contributed by atoms with Crippen LogP contribution >= 0.6 is 0 Å². The quantitative estimate of drug-likeness (QED) is 0.150. The second-order valence-corrected chi connectivity index (χ2v) is 21.5. The molecule has 0 radical (unpaired) electrons. The number of anilines is 6. The van der Waals surface area contributed by atoms with E-state index < -0.39 is 10.8 Å². The monoisotopic (exact) mass is 982 g/mol. The van der Waals surface area contributed by atoms with E-state index in [4.69, 9.17) is 0 Å². The van der Waals surface area contributed by atoms with Crippen molar-refractivity contribution in [2.75, 3.05) is 9.80 Å². The molecule has 12 aromatic rings. The lowest BCUT2D eigenvalue weighted by atomic mass is 9.76. The highest BCUT2D eigenvalue weighted by atomic mass is 19.1. The third-order valence-electron chi connectivity index (χ3n) is 16.5. The van der Waals surface area contributed by atoms with Gasteiger partial charge in [-0.05, 0) is 185 Å². The van der Waals surface area contributed by atoms with Gasteiger partial charge in [-0.3, -0.25) is 0 Å². The van der Waals surface area contributed by atoms with E-state index in [1.165, 1.54) is 43.8 Å². The van der Waals surface area contributed by atoms with Crippen molar-refractivity contribution in [3.63, 3.8) is 0 Å². The van der Waals surface area contributed by atoms with Gasteiger partial charge in [-0.25, -0.2) is 8.78 Å². The van der Waals surface area contributed by atoms with Crippen LogP contribution < -0.4 is 9.80 Å². The molecule has 0 atom stereocenters. The standard InChI is InChI=1S/C72H52F2N2/c1-71(2)61-41-53(75(51-21-7-5-8-22-51)65-27-15-19-45-17-11-13-25-55(45)65)37-39-57(61)69-63(71)43-59-60(67(69)47-29-33-49(73)34-30-47)44-64-70(68(59)48-31-35-50(74)36-32-48)58-40-38-54(42-62(58)72(64,3)4)76(52-23-9-6-10-24-52)66-28-16-20-46-18-12-14-26-56(46)66/h5-44H,1-4H3. The van der Waals surface area contributed by atoms with Crippen LogP contribution in [0.3, 0.4) is 0 Å². The van der Waals surface area contributed by atoms with Crippen LogP contribution in [-0.2, 0) is 10.8 Å². The van der Waals surface area contributed by atoms with Gasteiger partial charge in [-0.15, -0.1) is 0 Å². The molecule has 0 fully saturated rings. The first-order chi connectivity index (χ1) is 37.0. The van der Waals surface area contributed by atoms with Crippen molar-refractivity contribution in [2.45, 2.75) is 38.5 Å². The van der Waals surface area contributed by atoms with Gasteiger partial charge in [0.2, 0.25) is 0 Å². The van der Waals surface area contributed by atoms with Crippen molar-refractivity contribution in [3.8, 4) is 44.5 Å². The lowest BCUT2D eigenvalue weighted by Gasteiger charge is -2.29. The van der Waals surface area contributed by atoms with Crippen LogP contribution in [0.25, 0.3) is 76.8 Å². The summed E-state index contributed by atoms with van der Waals surface area (Å²) in [5.41, 5.74) is 18.9. The van der Waals surface area contributed by atoms with Crippen LogP contribution in [0.2, 0.25) is 0 Å². The predicted octanol–water partition coefficient (Wildman–Crippen LogP) is 20.3. The zero-order valence-electron chi connectivity index (χ0n) is 42.7. The van der Waals surface area contributed by atoms with E-state index in [0.717, 1.165) is 89.4 Å². The van der Waals surface area contributed by atoms with Gasteiger partial charge in [-0.2, -0.15) is 0 Å². The van der Waals surface area contributed by atoms with Crippen molar-refractivity contribution >= 4 is 66.4 Å². The molecule has 0 spiro atoms. The summed E-state index contributed by atoms with van der Waals surface area (Å²) < 4.78 is 30.3. The summed E-state index contributed by atoms with van der Waals surface area (Å²) in [6.45, 7) is 9.36. The Morgan fingerprint density at radius 2 is 0.658 bits per heavy atom. The van der Waals surface area contributed by atoms with Crippen molar-refractivity contribution < 1.29 is 8.78 Å². The van der Waals surface area contributed by atoms with Crippen LogP contribution in [0.5, 0.6) is 0 Å².